The summed E-state index contributed by atoms with van der Waals surface area (Å²) in [6.45, 7) is 6.43. The van der Waals surface area contributed by atoms with E-state index in [9.17, 15) is 0 Å². The molecule has 92 valence electrons. The summed E-state index contributed by atoms with van der Waals surface area (Å²) in [6.07, 6.45) is 0. The molecule has 1 heterocycles. The largest absolute Gasteiger partial charge is 0.398 e. The first-order valence-electron chi connectivity index (χ1n) is 5.70. The van der Waals surface area contributed by atoms with Gasteiger partial charge in [-0.25, -0.2) is 0 Å². The highest BCUT2D eigenvalue weighted by molar-refractivity contribution is 7.10. The highest BCUT2D eigenvalue weighted by Gasteiger charge is 2.14. The van der Waals surface area contributed by atoms with E-state index in [1.54, 1.807) is 11.3 Å². The Bertz CT molecular complexity index is 307. The molecule has 0 amide bonds. The van der Waals surface area contributed by atoms with Crippen molar-refractivity contribution in [3.63, 3.8) is 0 Å². The van der Waals surface area contributed by atoms with Crippen LogP contribution in [0.5, 0.6) is 0 Å². The third-order valence-electron chi connectivity index (χ3n) is 2.67. The van der Waals surface area contributed by atoms with E-state index < -0.39 is 0 Å². The normalized spacial score (nSPS) is 13.6. The average Bonchev–Trinajstić information content (AvgIpc) is 2.57. The zero-order valence-electron chi connectivity index (χ0n) is 10.7. The fraction of sp³-hybridized carbons (Fsp3) is 0.667. The molecular formula is C12H23N3S. The van der Waals surface area contributed by atoms with Crippen LogP contribution in [0.25, 0.3) is 0 Å². The molecule has 1 atom stereocenters. The fourth-order valence-corrected chi connectivity index (χ4v) is 2.37. The summed E-state index contributed by atoms with van der Waals surface area (Å²) in [4.78, 5) is 3.46. The number of anilines is 1. The molecule has 16 heavy (non-hydrogen) atoms. The van der Waals surface area contributed by atoms with E-state index in [1.807, 2.05) is 11.4 Å². The van der Waals surface area contributed by atoms with E-state index in [0.29, 0.717) is 12.0 Å². The second kappa shape index (κ2) is 6.23. The van der Waals surface area contributed by atoms with Crippen molar-refractivity contribution in [3.05, 3.63) is 16.3 Å². The van der Waals surface area contributed by atoms with Crippen LogP contribution in [-0.2, 0) is 6.54 Å². The van der Waals surface area contributed by atoms with Crippen LogP contribution in [0.2, 0.25) is 0 Å². The Balaban J connectivity index is 2.47. The summed E-state index contributed by atoms with van der Waals surface area (Å²) in [5.74, 6) is 0.628. The highest BCUT2D eigenvalue weighted by Crippen LogP contribution is 2.18. The molecule has 0 saturated carbocycles. The molecule has 0 bridgehead atoms. The van der Waals surface area contributed by atoms with Gasteiger partial charge < -0.3 is 16.0 Å². The van der Waals surface area contributed by atoms with Gasteiger partial charge in [0.05, 0.1) is 0 Å². The number of nitrogen functional groups attached to an aromatic ring is 1. The van der Waals surface area contributed by atoms with Gasteiger partial charge in [-0.2, -0.15) is 0 Å². The van der Waals surface area contributed by atoms with E-state index in [-0.39, 0.29) is 0 Å². The molecule has 1 aromatic heterocycles. The molecule has 1 aromatic rings. The monoisotopic (exact) mass is 241 g/mol. The molecule has 4 heteroatoms. The molecule has 0 fully saturated rings. The number of thiophene rings is 1. The summed E-state index contributed by atoms with van der Waals surface area (Å²) < 4.78 is 0. The highest BCUT2D eigenvalue weighted by atomic mass is 32.1. The van der Waals surface area contributed by atoms with Crippen molar-refractivity contribution in [1.82, 2.24) is 10.2 Å². The van der Waals surface area contributed by atoms with Gasteiger partial charge in [-0.05, 0) is 31.5 Å². The van der Waals surface area contributed by atoms with Crippen molar-refractivity contribution in [1.29, 1.82) is 0 Å². The number of nitrogens with two attached hydrogens (primary N) is 1. The Morgan fingerprint density at radius 3 is 2.56 bits per heavy atom. The van der Waals surface area contributed by atoms with E-state index in [4.69, 9.17) is 5.73 Å². The van der Waals surface area contributed by atoms with Gasteiger partial charge in [-0.15, -0.1) is 11.3 Å². The Morgan fingerprint density at radius 2 is 2.12 bits per heavy atom. The first-order chi connectivity index (χ1) is 7.50. The first-order valence-corrected chi connectivity index (χ1v) is 6.58. The van der Waals surface area contributed by atoms with Crippen molar-refractivity contribution in [2.75, 3.05) is 26.4 Å². The predicted octanol–water partition coefficient (Wildman–Crippen LogP) is 2.01. The van der Waals surface area contributed by atoms with E-state index in [2.05, 4.69) is 38.2 Å². The minimum Gasteiger partial charge on any atom is -0.398 e. The molecule has 0 radical (unpaired) electrons. The molecule has 3 nitrogen and oxygen atoms in total. The molecule has 3 N–H and O–H groups in total. The summed E-state index contributed by atoms with van der Waals surface area (Å²) in [6, 6.07) is 2.48. The number of hydrogen-bond acceptors (Lipinski definition) is 4. The summed E-state index contributed by atoms with van der Waals surface area (Å²) >= 11 is 1.72. The number of nitrogens with zero attached hydrogens (tertiary/aromatic N) is 1. The van der Waals surface area contributed by atoms with Gasteiger partial charge in [0, 0.05) is 29.7 Å². The molecule has 1 rings (SSSR count). The van der Waals surface area contributed by atoms with Crippen LogP contribution >= 0.6 is 11.3 Å². The second-order valence-corrected chi connectivity index (χ2v) is 5.79. The maximum absolute atomic E-state index is 5.86. The third-order valence-corrected chi connectivity index (χ3v) is 3.61. The molecule has 0 aromatic carbocycles. The van der Waals surface area contributed by atoms with Gasteiger partial charge in [-0.3, -0.25) is 0 Å². The number of hydrogen-bond donors (Lipinski definition) is 2. The molecule has 0 aliphatic carbocycles. The minimum atomic E-state index is 0.511. The van der Waals surface area contributed by atoms with Crippen molar-refractivity contribution in [2.24, 2.45) is 5.92 Å². The Kier molecular flexibility index (Phi) is 5.25. The van der Waals surface area contributed by atoms with Crippen LogP contribution in [0.1, 0.15) is 18.7 Å². The zero-order chi connectivity index (χ0) is 12.1. The Labute approximate surface area is 103 Å². The molecule has 1 unspecified atom stereocenters. The van der Waals surface area contributed by atoms with Crippen LogP contribution in [0.4, 0.5) is 5.69 Å². The Hall–Kier alpha value is -0.580. The fourth-order valence-electron chi connectivity index (χ4n) is 1.62. The molecule has 0 aliphatic rings. The maximum atomic E-state index is 5.86. The number of nitrogens with one attached hydrogen (secondary N) is 1. The lowest BCUT2D eigenvalue weighted by molar-refractivity contribution is 0.288. The smallest absolute Gasteiger partial charge is 0.0468 e. The predicted molar refractivity (Wildman–Crippen MR) is 72.8 cm³/mol. The first kappa shape index (κ1) is 13.5. The quantitative estimate of drug-likeness (QED) is 0.800. The standard InChI is InChI=1S/C12H23N3S/c1-9(2)11(8-15(3)4)14-7-12-10(13)5-6-16-12/h5-6,9,11,14H,7-8,13H2,1-4H3. The van der Waals surface area contributed by atoms with E-state index in [0.717, 1.165) is 18.8 Å². The SMILES string of the molecule is CC(C)C(CN(C)C)NCc1sccc1N. The topological polar surface area (TPSA) is 41.3 Å². The van der Waals surface area contributed by atoms with Crippen LogP contribution in [-0.4, -0.2) is 31.6 Å². The van der Waals surface area contributed by atoms with Crippen molar-refractivity contribution >= 4 is 17.0 Å². The van der Waals surface area contributed by atoms with E-state index in [1.165, 1.54) is 4.88 Å². The van der Waals surface area contributed by atoms with Crippen LogP contribution in [0.15, 0.2) is 11.4 Å². The third kappa shape index (κ3) is 4.12. The van der Waals surface area contributed by atoms with Crippen LogP contribution in [0, 0.1) is 5.92 Å². The van der Waals surface area contributed by atoms with Gasteiger partial charge in [-0.1, -0.05) is 13.8 Å². The molecule has 0 spiro atoms. The summed E-state index contributed by atoms with van der Waals surface area (Å²) in [5.41, 5.74) is 6.77. The van der Waals surface area contributed by atoms with Gasteiger partial charge >= 0.3 is 0 Å². The van der Waals surface area contributed by atoms with Crippen LogP contribution in [0.3, 0.4) is 0 Å². The lowest BCUT2D eigenvalue weighted by atomic mass is 10.0. The lowest BCUT2D eigenvalue weighted by Crippen LogP contribution is -2.41. The van der Waals surface area contributed by atoms with Gasteiger partial charge in [0.25, 0.3) is 0 Å². The van der Waals surface area contributed by atoms with Crippen molar-refractivity contribution < 1.29 is 0 Å². The summed E-state index contributed by atoms with van der Waals surface area (Å²) in [5, 5.41) is 5.63. The molecular weight excluding hydrogens is 218 g/mol. The minimum absolute atomic E-state index is 0.511. The van der Waals surface area contributed by atoms with Crippen molar-refractivity contribution in [2.45, 2.75) is 26.4 Å². The van der Waals surface area contributed by atoms with Crippen LogP contribution < -0.4 is 11.1 Å². The zero-order valence-corrected chi connectivity index (χ0v) is 11.5. The maximum Gasteiger partial charge on any atom is 0.0468 e. The van der Waals surface area contributed by atoms with E-state index >= 15 is 0 Å². The molecule has 0 saturated heterocycles. The second-order valence-electron chi connectivity index (χ2n) is 4.79. The number of rotatable bonds is 6. The Morgan fingerprint density at radius 1 is 1.44 bits per heavy atom. The summed E-state index contributed by atoms with van der Waals surface area (Å²) in [7, 11) is 4.22. The lowest BCUT2D eigenvalue weighted by Gasteiger charge is -2.25. The van der Waals surface area contributed by atoms with Crippen molar-refractivity contribution in [3.8, 4) is 0 Å². The van der Waals surface area contributed by atoms with Gasteiger partial charge in [0.2, 0.25) is 0 Å². The van der Waals surface area contributed by atoms with Gasteiger partial charge in [0.1, 0.15) is 0 Å². The van der Waals surface area contributed by atoms with Gasteiger partial charge in [0.15, 0.2) is 0 Å². The average molecular weight is 241 g/mol. The number of likely N-dealkylation sites (N-methyl/N-ethyl adjacent to an activating group) is 1. The molecule has 0 aliphatic heterocycles.